The molecule has 0 atom stereocenters. The fraction of sp³-hybridized carbons (Fsp3) is 1.00. The molecule has 0 radical (unpaired) electrons. The summed E-state index contributed by atoms with van der Waals surface area (Å²) in [7, 11) is -4.55. The number of hydrogen-bond donors (Lipinski definition) is 0. The monoisotopic (exact) mass is 694 g/mol. The van der Waals surface area contributed by atoms with E-state index in [0.717, 1.165) is 0 Å². The maximum atomic E-state index is 14.6. The first-order valence-electron chi connectivity index (χ1n) is 12.8. The van der Waals surface area contributed by atoms with Gasteiger partial charge in [-0.1, -0.05) is 40.0 Å². The van der Waals surface area contributed by atoms with Gasteiger partial charge in [0.1, 0.15) is 0 Å². The zero-order chi connectivity index (χ0) is 34.4. The standard InChI is InChI=1S/C22H31F17O3Si/c1-4-7-11-40-43(41-12-8-5-2,42-13-9-6-3)14-10-15(23,24)16(25,26)17(27,28)18(29,30)19(31,32)20(33,34)21(35,36)22(37,38)39/h4-14H2,1-3H3. The first-order valence-corrected chi connectivity index (χ1v) is 14.7. The second kappa shape index (κ2) is 14.6. The minimum Gasteiger partial charge on any atom is -0.373 e. The van der Waals surface area contributed by atoms with Crippen molar-refractivity contribution < 1.29 is 87.9 Å². The largest absolute Gasteiger partial charge is 0.501 e. The van der Waals surface area contributed by atoms with Gasteiger partial charge in [0.2, 0.25) is 0 Å². The van der Waals surface area contributed by atoms with Crippen molar-refractivity contribution in [2.24, 2.45) is 0 Å². The molecule has 260 valence electrons. The summed E-state index contributed by atoms with van der Waals surface area (Å²) in [4.78, 5) is 0. The number of unbranched alkanes of at least 4 members (excludes halogenated alkanes) is 3. The summed E-state index contributed by atoms with van der Waals surface area (Å²) in [6, 6.07) is -1.53. The van der Waals surface area contributed by atoms with Crippen LogP contribution in [0.25, 0.3) is 0 Å². The van der Waals surface area contributed by atoms with Gasteiger partial charge in [0, 0.05) is 32.3 Å². The van der Waals surface area contributed by atoms with Crippen molar-refractivity contribution in [2.45, 2.75) is 119 Å². The Morgan fingerprint density at radius 3 is 0.977 bits per heavy atom. The van der Waals surface area contributed by atoms with Crippen molar-refractivity contribution in [1.82, 2.24) is 0 Å². The van der Waals surface area contributed by atoms with Gasteiger partial charge in [0.25, 0.3) is 0 Å². The molecular formula is C22H31F17O3Si. The van der Waals surface area contributed by atoms with Crippen LogP contribution in [0.15, 0.2) is 0 Å². The molecule has 3 nitrogen and oxygen atoms in total. The Morgan fingerprint density at radius 2 is 0.698 bits per heavy atom. The predicted octanol–water partition coefficient (Wildman–Crippen LogP) is 9.77. The van der Waals surface area contributed by atoms with Gasteiger partial charge in [-0.3, -0.25) is 0 Å². The maximum absolute atomic E-state index is 14.6. The quantitative estimate of drug-likeness (QED) is 0.0681. The molecule has 0 saturated heterocycles. The molecule has 0 heterocycles. The third kappa shape index (κ3) is 8.20. The summed E-state index contributed by atoms with van der Waals surface area (Å²) in [5.74, 6) is -56.6. The van der Waals surface area contributed by atoms with Crippen LogP contribution in [0.4, 0.5) is 74.6 Å². The molecule has 0 fully saturated rings. The number of hydrogen-bond acceptors (Lipinski definition) is 3. The first-order chi connectivity index (χ1) is 19.1. The Kier molecular flexibility index (Phi) is 14.2. The molecule has 0 N–H and O–H groups in total. The highest BCUT2D eigenvalue weighted by Gasteiger charge is 2.95. The fourth-order valence-corrected chi connectivity index (χ4v) is 5.79. The van der Waals surface area contributed by atoms with Gasteiger partial charge in [-0.2, -0.15) is 74.6 Å². The molecule has 0 saturated carbocycles. The molecule has 0 amide bonds. The summed E-state index contributed by atoms with van der Waals surface area (Å²) >= 11 is 0. The van der Waals surface area contributed by atoms with Crippen molar-refractivity contribution in [3.05, 3.63) is 0 Å². The molecule has 0 rings (SSSR count). The Bertz CT molecular complexity index is 823. The average Bonchev–Trinajstić information content (AvgIpc) is 2.86. The van der Waals surface area contributed by atoms with E-state index in [-0.39, 0.29) is 39.1 Å². The summed E-state index contributed by atoms with van der Waals surface area (Å²) in [6.45, 7) is 3.94. The normalized spacial score (nSPS) is 15.3. The highest BCUT2D eigenvalue weighted by atomic mass is 28.4. The van der Waals surface area contributed by atoms with Gasteiger partial charge in [-0.15, -0.1) is 0 Å². The Balaban J connectivity index is 6.61. The van der Waals surface area contributed by atoms with Crippen LogP contribution in [0.2, 0.25) is 6.04 Å². The van der Waals surface area contributed by atoms with E-state index in [1.807, 2.05) is 0 Å². The van der Waals surface area contributed by atoms with Crippen LogP contribution >= 0.6 is 0 Å². The number of rotatable bonds is 21. The van der Waals surface area contributed by atoms with E-state index in [1.54, 1.807) is 20.8 Å². The van der Waals surface area contributed by atoms with Gasteiger partial charge in [-0.25, -0.2) is 0 Å². The molecule has 0 bridgehead atoms. The summed E-state index contributed by atoms with van der Waals surface area (Å²) in [6.07, 6.45) is -8.59. The SMILES string of the molecule is CCCCO[Si](CCC(F)(F)C(F)(F)C(F)(F)C(F)(F)C(F)(F)C(F)(F)C(F)(F)C(F)(F)F)(OCCCC)OCCCC. The maximum Gasteiger partial charge on any atom is 0.501 e. The third-order valence-electron chi connectivity index (χ3n) is 5.99. The summed E-state index contributed by atoms with van der Waals surface area (Å²) in [5.41, 5.74) is 0. The average molecular weight is 695 g/mol. The first kappa shape index (κ1) is 41.9. The van der Waals surface area contributed by atoms with E-state index in [1.165, 1.54) is 0 Å². The smallest absolute Gasteiger partial charge is 0.373 e. The molecule has 0 aliphatic rings. The third-order valence-corrected chi connectivity index (χ3v) is 8.79. The number of halogens is 17. The lowest BCUT2D eigenvalue weighted by Crippen LogP contribution is -2.74. The van der Waals surface area contributed by atoms with Gasteiger partial charge in [-0.05, 0) is 19.3 Å². The molecular weight excluding hydrogens is 663 g/mol. The van der Waals surface area contributed by atoms with Gasteiger partial charge in [0.15, 0.2) is 0 Å². The Hall–Kier alpha value is -1.09. The minimum absolute atomic E-state index is 0.200. The van der Waals surface area contributed by atoms with E-state index in [4.69, 9.17) is 13.3 Å². The van der Waals surface area contributed by atoms with E-state index in [0.29, 0.717) is 19.3 Å². The highest BCUT2D eigenvalue weighted by Crippen LogP contribution is 2.64. The predicted molar refractivity (Wildman–Crippen MR) is 118 cm³/mol. The molecule has 0 aromatic carbocycles. The van der Waals surface area contributed by atoms with Gasteiger partial charge in [0.05, 0.1) is 0 Å². The van der Waals surface area contributed by atoms with Crippen molar-refractivity contribution in [3.63, 3.8) is 0 Å². The molecule has 0 unspecified atom stereocenters. The van der Waals surface area contributed by atoms with Gasteiger partial charge >= 0.3 is 56.4 Å². The molecule has 0 aromatic rings. The Morgan fingerprint density at radius 1 is 0.419 bits per heavy atom. The summed E-state index contributed by atoms with van der Waals surface area (Å²) < 4.78 is 247. The zero-order valence-corrected chi connectivity index (χ0v) is 23.9. The fourth-order valence-electron chi connectivity index (χ4n) is 3.12. The van der Waals surface area contributed by atoms with Crippen LogP contribution in [0, 0.1) is 0 Å². The van der Waals surface area contributed by atoms with E-state index in [2.05, 4.69) is 0 Å². The van der Waals surface area contributed by atoms with E-state index < -0.39 is 68.9 Å². The van der Waals surface area contributed by atoms with Crippen LogP contribution in [-0.2, 0) is 13.3 Å². The molecule has 43 heavy (non-hydrogen) atoms. The second-order valence-corrected chi connectivity index (χ2v) is 12.2. The number of alkyl halides is 17. The van der Waals surface area contributed by atoms with Crippen molar-refractivity contribution >= 4 is 8.80 Å². The lowest BCUT2D eigenvalue weighted by Gasteiger charge is -2.43. The van der Waals surface area contributed by atoms with Gasteiger partial charge < -0.3 is 13.3 Å². The lowest BCUT2D eigenvalue weighted by atomic mass is 9.88. The topological polar surface area (TPSA) is 27.7 Å². The lowest BCUT2D eigenvalue weighted by molar-refractivity contribution is -0.461. The molecule has 0 aliphatic carbocycles. The zero-order valence-electron chi connectivity index (χ0n) is 22.9. The second-order valence-electron chi connectivity index (χ2n) is 9.44. The van der Waals surface area contributed by atoms with Crippen molar-refractivity contribution in [2.75, 3.05) is 19.8 Å². The van der Waals surface area contributed by atoms with Crippen LogP contribution in [0.5, 0.6) is 0 Å². The minimum atomic E-state index is -8.66. The van der Waals surface area contributed by atoms with Crippen molar-refractivity contribution in [1.29, 1.82) is 0 Å². The van der Waals surface area contributed by atoms with E-state index >= 15 is 0 Å². The summed E-state index contributed by atoms with van der Waals surface area (Å²) in [5, 5.41) is 0. The van der Waals surface area contributed by atoms with E-state index in [9.17, 15) is 74.6 Å². The van der Waals surface area contributed by atoms with Crippen LogP contribution in [0.3, 0.4) is 0 Å². The van der Waals surface area contributed by atoms with Crippen LogP contribution in [-0.4, -0.2) is 76.3 Å². The highest BCUT2D eigenvalue weighted by molar-refractivity contribution is 6.60. The molecule has 0 spiro atoms. The molecule has 0 aliphatic heterocycles. The molecule has 0 aromatic heterocycles. The molecule has 21 heteroatoms. The van der Waals surface area contributed by atoms with Crippen molar-refractivity contribution in [3.8, 4) is 0 Å². The Labute approximate surface area is 236 Å². The van der Waals surface area contributed by atoms with Crippen LogP contribution in [0.1, 0.15) is 65.7 Å². The van der Waals surface area contributed by atoms with Crippen LogP contribution < -0.4 is 0 Å².